The molecule has 0 aliphatic carbocycles. The molecule has 110 valence electrons. The van der Waals surface area contributed by atoms with E-state index >= 15 is 0 Å². The Labute approximate surface area is 124 Å². The Morgan fingerprint density at radius 2 is 1.95 bits per heavy atom. The smallest absolute Gasteiger partial charge is 0.244 e. The summed E-state index contributed by atoms with van der Waals surface area (Å²) in [5.41, 5.74) is 1.10. The van der Waals surface area contributed by atoms with Crippen LogP contribution >= 0.6 is 0 Å². The van der Waals surface area contributed by atoms with Gasteiger partial charge in [0, 0.05) is 32.0 Å². The molecule has 2 aromatic rings. The normalized spacial score (nSPS) is 15.5. The molecular weight excluding hydrogens is 264 g/mol. The second-order valence-electron chi connectivity index (χ2n) is 5.25. The van der Waals surface area contributed by atoms with Crippen LogP contribution in [0.2, 0.25) is 0 Å². The molecule has 0 bridgehead atoms. The highest BCUT2D eigenvalue weighted by molar-refractivity contribution is 5.40. The third-order valence-corrected chi connectivity index (χ3v) is 3.65. The fraction of sp³-hybridized carbons (Fsp3) is 0.467. The standard InChI is InChI=1S/C15H20N6/c1-2-4-9-21(8-3-1)14-12-18-20-15(19-14)17-11-13-6-5-7-16-10-13/h5-7,10,12H,1-4,8-9,11H2,(H,17,19,20). The van der Waals surface area contributed by atoms with Gasteiger partial charge in [-0.1, -0.05) is 18.9 Å². The first-order chi connectivity index (χ1) is 10.4. The number of aromatic nitrogens is 4. The fourth-order valence-electron chi connectivity index (χ4n) is 2.51. The van der Waals surface area contributed by atoms with E-state index in [1.54, 1.807) is 12.4 Å². The van der Waals surface area contributed by atoms with E-state index in [0.29, 0.717) is 12.5 Å². The summed E-state index contributed by atoms with van der Waals surface area (Å²) < 4.78 is 0. The van der Waals surface area contributed by atoms with Gasteiger partial charge in [0.1, 0.15) is 0 Å². The van der Waals surface area contributed by atoms with Gasteiger partial charge in [0.25, 0.3) is 0 Å². The summed E-state index contributed by atoms with van der Waals surface area (Å²) in [6, 6.07) is 3.94. The third-order valence-electron chi connectivity index (χ3n) is 3.65. The first kappa shape index (κ1) is 13.7. The van der Waals surface area contributed by atoms with Crippen LogP contribution in [-0.4, -0.2) is 33.3 Å². The largest absolute Gasteiger partial charge is 0.355 e. The van der Waals surface area contributed by atoms with Crippen molar-refractivity contribution in [3.63, 3.8) is 0 Å². The second-order valence-corrected chi connectivity index (χ2v) is 5.25. The number of rotatable bonds is 4. The van der Waals surface area contributed by atoms with Gasteiger partial charge in [-0.25, -0.2) is 0 Å². The second kappa shape index (κ2) is 6.97. The molecule has 0 amide bonds. The van der Waals surface area contributed by atoms with Crippen molar-refractivity contribution in [2.45, 2.75) is 32.2 Å². The molecule has 3 rings (SSSR count). The first-order valence-corrected chi connectivity index (χ1v) is 7.49. The van der Waals surface area contributed by atoms with Crippen LogP contribution in [0.4, 0.5) is 11.8 Å². The van der Waals surface area contributed by atoms with Gasteiger partial charge in [0.15, 0.2) is 5.82 Å². The van der Waals surface area contributed by atoms with Gasteiger partial charge in [0.2, 0.25) is 5.95 Å². The van der Waals surface area contributed by atoms with Crippen molar-refractivity contribution < 1.29 is 0 Å². The van der Waals surface area contributed by atoms with Crippen LogP contribution in [0.5, 0.6) is 0 Å². The summed E-state index contributed by atoms with van der Waals surface area (Å²) in [5, 5.41) is 11.3. The van der Waals surface area contributed by atoms with Crippen LogP contribution in [0.15, 0.2) is 30.7 Å². The summed E-state index contributed by atoms with van der Waals surface area (Å²) >= 11 is 0. The molecule has 6 nitrogen and oxygen atoms in total. The van der Waals surface area contributed by atoms with Gasteiger partial charge < -0.3 is 10.2 Å². The maximum Gasteiger partial charge on any atom is 0.244 e. The van der Waals surface area contributed by atoms with Crippen molar-refractivity contribution in [1.82, 2.24) is 20.2 Å². The molecule has 1 fully saturated rings. The van der Waals surface area contributed by atoms with Crippen molar-refractivity contribution in [3.8, 4) is 0 Å². The monoisotopic (exact) mass is 284 g/mol. The average molecular weight is 284 g/mol. The fourth-order valence-corrected chi connectivity index (χ4v) is 2.51. The van der Waals surface area contributed by atoms with E-state index in [0.717, 1.165) is 24.5 Å². The maximum absolute atomic E-state index is 4.57. The average Bonchev–Trinajstić information content (AvgIpc) is 2.83. The van der Waals surface area contributed by atoms with Crippen LogP contribution in [0.25, 0.3) is 0 Å². The number of hydrogen-bond donors (Lipinski definition) is 1. The molecule has 6 heteroatoms. The van der Waals surface area contributed by atoms with Gasteiger partial charge in [-0.3, -0.25) is 4.98 Å². The molecule has 0 atom stereocenters. The van der Waals surface area contributed by atoms with Gasteiger partial charge >= 0.3 is 0 Å². The van der Waals surface area contributed by atoms with Gasteiger partial charge in [-0.05, 0) is 24.5 Å². The molecule has 1 aliphatic heterocycles. The van der Waals surface area contributed by atoms with Crippen LogP contribution in [0, 0.1) is 0 Å². The summed E-state index contributed by atoms with van der Waals surface area (Å²) in [6.45, 7) is 2.76. The van der Waals surface area contributed by atoms with E-state index in [-0.39, 0.29) is 0 Å². The Balaban J connectivity index is 1.65. The van der Waals surface area contributed by atoms with E-state index in [4.69, 9.17) is 0 Å². The Hall–Kier alpha value is -2.24. The number of anilines is 2. The molecule has 1 saturated heterocycles. The Kier molecular flexibility index (Phi) is 4.55. The van der Waals surface area contributed by atoms with Gasteiger partial charge in [-0.15, -0.1) is 5.10 Å². The molecule has 0 unspecified atom stereocenters. The molecule has 1 aliphatic rings. The predicted octanol–water partition coefficient (Wildman–Crippen LogP) is 2.26. The molecule has 1 N–H and O–H groups in total. The molecule has 0 radical (unpaired) electrons. The lowest BCUT2D eigenvalue weighted by Gasteiger charge is -2.20. The predicted molar refractivity (Wildman–Crippen MR) is 82.1 cm³/mol. The van der Waals surface area contributed by atoms with Gasteiger partial charge in [-0.2, -0.15) is 10.1 Å². The number of nitrogens with one attached hydrogen (secondary N) is 1. The van der Waals surface area contributed by atoms with Crippen molar-refractivity contribution in [2.24, 2.45) is 0 Å². The summed E-state index contributed by atoms with van der Waals surface area (Å²) in [6.07, 6.45) is 10.4. The summed E-state index contributed by atoms with van der Waals surface area (Å²) in [4.78, 5) is 11.0. The third kappa shape index (κ3) is 3.87. The highest BCUT2D eigenvalue weighted by atomic mass is 15.3. The van der Waals surface area contributed by atoms with E-state index in [1.165, 1.54) is 25.7 Å². The minimum Gasteiger partial charge on any atom is -0.355 e. The minimum absolute atomic E-state index is 0.570. The Bertz CT molecular complexity index is 551. The lowest BCUT2D eigenvalue weighted by molar-refractivity contribution is 0.726. The molecule has 3 heterocycles. The maximum atomic E-state index is 4.57. The number of nitrogens with zero attached hydrogens (tertiary/aromatic N) is 5. The first-order valence-electron chi connectivity index (χ1n) is 7.49. The molecule has 21 heavy (non-hydrogen) atoms. The van der Waals surface area contributed by atoms with Gasteiger partial charge in [0.05, 0.1) is 6.20 Å². The van der Waals surface area contributed by atoms with E-state index in [2.05, 4.69) is 30.4 Å². The van der Waals surface area contributed by atoms with E-state index in [9.17, 15) is 0 Å². The summed E-state index contributed by atoms with van der Waals surface area (Å²) in [7, 11) is 0. The molecule has 0 spiro atoms. The molecule has 0 saturated carbocycles. The van der Waals surface area contributed by atoms with Crippen molar-refractivity contribution >= 4 is 11.8 Å². The number of hydrogen-bond acceptors (Lipinski definition) is 6. The van der Waals surface area contributed by atoms with Crippen LogP contribution in [0.3, 0.4) is 0 Å². The topological polar surface area (TPSA) is 66.8 Å². The quantitative estimate of drug-likeness (QED) is 0.929. The van der Waals surface area contributed by atoms with Crippen molar-refractivity contribution in [3.05, 3.63) is 36.3 Å². The van der Waals surface area contributed by atoms with Crippen LogP contribution in [-0.2, 0) is 6.54 Å². The van der Waals surface area contributed by atoms with Crippen LogP contribution < -0.4 is 10.2 Å². The van der Waals surface area contributed by atoms with Crippen molar-refractivity contribution in [2.75, 3.05) is 23.3 Å². The lowest BCUT2D eigenvalue weighted by atomic mass is 10.2. The summed E-state index contributed by atoms with van der Waals surface area (Å²) in [5.74, 6) is 1.49. The Morgan fingerprint density at radius 3 is 2.71 bits per heavy atom. The lowest BCUT2D eigenvalue weighted by Crippen LogP contribution is -2.25. The SMILES string of the molecule is c1cncc(CNc2nncc(N3CCCCCC3)n2)c1. The van der Waals surface area contributed by atoms with Crippen molar-refractivity contribution in [1.29, 1.82) is 0 Å². The van der Waals surface area contributed by atoms with Crippen LogP contribution in [0.1, 0.15) is 31.2 Å². The zero-order valence-corrected chi connectivity index (χ0v) is 12.1. The molecule has 2 aromatic heterocycles. The van der Waals surface area contributed by atoms with E-state index in [1.807, 2.05) is 18.3 Å². The zero-order valence-electron chi connectivity index (χ0n) is 12.1. The molecular formula is C15H20N6. The minimum atomic E-state index is 0.570. The molecule has 0 aromatic carbocycles. The number of pyridine rings is 1. The zero-order chi connectivity index (χ0) is 14.3. The Morgan fingerprint density at radius 1 is 1.10 bits per heavy atom. The van der Waals surface area contributed by atoms with E-state index < -0.39 is 0 Å². The highest BCUT2D eigenvalue weighted by Crippen LogP contribution is 2.17. The highest BCUT2D eigenvalue weighted by Gasteiger charge is 2.12.